The number of phenols is 1. The van der Waals surface area contributed by atoms with Crippen LogP contribution in [0.2, 0.25) is 5.02 Å². The zero-order chi connectivity index (χ0) is 22.7. The maximum Gasteiger partial charge on any atom is 0.409 e. The van der Waals surface area contributed by atoms with Crippen LogP contribution in [-0.2, 0) is 4.74 Å². The highest BCUT2D eigenvalue weighted by Gasteiger charge is 2.41. The van der Waals surface area contributed by atoms with Gasteiger partial charge >= 0.3 is 6.09 Å². The van der Waals surface area contributed by atoms with Gasteiger partial charge in [0.1, 0.15) is 17.2 Å². The van der Waals surface area contributed by atoms with Gasteiger partial charge in [-0.15, -0.1) is 0 Å². The summed E-state index contributed by atoms with van der Waals surface area (Å²) in [5.74, 6) is 0.978. The summed E-state index contributed by atoms with van der Waals surface area (Å²) in [6, 6.07) is 12.8. The summed E-state index contributed by atoms with van der Waals surface area (Å²) in [6.45, 7) is 3.24. The van der Waals surface area contributed by atoms with Crippen LogP contribution in [0.3, 0.4) is 0 Å². The number of aromatic hydroxyl groups is 1. The van der Waals surface area contributed by atoms with Gasteiger partial charge in [0.05, 0.1) is 13.7 Å². The Kier molecular flexibility index (Phi) is 6.58. The number of halogens is 1. The second-order valence-corrected chi connectivity index (χ2v) is 8.55. The molecule has 2 N–H and O–H groups in total. The van der Waals surface area contributed by atoms with Crippen molar-refractivity contribution in [1.82, 2.24) is 10.2 Å². The summed E-state index contributed by atoms with van der Waals surface area (Å²) in [4.78, 5) is 19.0. The zero-order valence-electron chi connectivity index (χ0n) is 18.3. The van der Waals surface area contributed by atoms with Crippen molar-refractivity contribution in [2.24, 2.45) is 4.99 Å². The van der Waals surface area contributed by atoms with Crippen LogP contribution < -0.4 is 10.1 Å². The van der Waals surface area contributed by atoms with Gasteiger partial charge in [0.2, 0.25) is 0 Å². The number of nitrogens with one attached hydrogen (secondary N) is 1. The predicted molar refractivity (Wildman–Crippen MR) is 124 cm³/mol. The molecule has 2 aromatic rings. The van der Waals surface area contributed by atoms with E-state index in [2.05, 4.69) is 5.32 Å². The Morgan fingerprint density at radius 1 is 1.25 bits per heavy atom. The van der Waals surface area contributed by atoms with Crippen molar-refractivity contribution >= 4 is 23.4 Å². The number of nitrogens with zero attached hydrogens (tertiary/aromatic N) is 2. The van der Waals surface area contributed by atoms with E-state index in [-0.39, 0.29) is 17.9 Å². The number of hydrogen-bond donors (Lipinski definition) is 2. The lowest BCUT2D eigenvalue weighted by atomic mass is 9.87. The van der Waals surface area contributed by atoms with Gasteiger partial charge in [-0.25, -0.2) is 4.79 Å². The molecule has 0 radical (unpaired) electrons. The Bertz CT molecular complexity index is 1000. The van der Waals surface area contributed by atoms with E-state index >= 15 is 0 Å². The van der Waals surface area contributed by atoms with Crippen molar-refractivity contribution in [2.75, 3.05) is 26.8 Å². The third kappa shape index (κ3) is 4.69. The molecular weight excluding hydrogens is 430 g/mol. The number of phenolic OH excluding ortho intramolecular Hbond substituents is 1. The first-order chi connectivity index (χ1) is 15.4. The molecule has 2 aliphatic heterocycles. The van der Waals surface area contributed by atoms with E-state index in [0.29, 0.717) is 44.0 Å². The third-order valence-corrected chi connectivity index (χ3v) is 6.33. The molecule has 0 saturated carbocycles. The van der Waals surface area contributed by atoms with E-state index in [1.807, 2.05) is 24.3 Å². The van der Waals surface area contributed by atoms with Gasteiger partial charge in [-0.1, -0.05) is 11.6 Å². The number of piperidine rings is 1. The van der Waals surface area contributed by atoms with E-state index in [9.17, 15) is 9.90 Å². The summed E-state index contributed by atoms with van der Waals surface area (Å²) in [5.41, 5.74) is 2.15. The number of benzene rings is 2. The van der Waals surface area contributed by atoms with E-state index in [1.54, 1.807) is 37.1 Å². The molecule has 0 aromatic heterocycles. The maximum atomic E-state index is 12.2. The molecule has 8 heteroatoms. The van der Waals surface area contributed by atoms with Crippen LogP contribution in [0.25, 0.3) is 0 Å². The summed E-state index contributed by atoms with van der Waals surface area (Å²) in [6.07, 6.45) is 1.59. The highest BCUT2D eigenvalue weighted by atomic mass is 35.5. The van der Waals surface area contributed by atoms with Crippen molar-refractivity contribution < 1.29 is 19.4 Å². The van der Waals surface area contributed by atoms with Crippen molar-refractivity contribution in [3.05, 3.63) is 58.6 Å². The van der Waals surface area contributed by atoms with Crippen LogP contribution in [0.15, 0.2) is 47.5 Å². The second-order valence-electron chi connectivity index (χ2n) is 8.11. The number of carbonyl (C=O) groups is 1. The van der Waals surface area contributed by atoms with E-state index in [1.165, 1.54) is 0 Å². The van der Waals surface area contributed by atoms with E-state index < -0.39 is 5.66 Å². The molecule has 170 valence electrons. The number of amides is 1. The maximum absolute atomic E-state index is 12.2. The Balaban J connectivity index is 1.66. The van der Waals surface area contributed by atoms with Gasteiger partial charge in [0.15, 0.2) is 0 Å². The summed E-state index contributed by atoms with van der Waals surface area (Å²) < 4.78 is 10.5. The molecule has 1 fully saturated rings. The molecular formula is C24H28ClN3O4. The molecule has 7 nitrogen and oxygen atoms in total. The van der Waals surface area contributed by atoms with Crippen LogP contribution >= 0.6 is 11.6 Å². The van der Waals surface area contributed by atoms with Gasteiger partial charge in [-0.2, -0.15) is 0 Å². The molecule has 0 bridgehead atoms. The molecule has 4 rings (SSSR count). The van der Waals surface area contributed by atoms with Gasteiger partial charge in [-0.05, 0) is 55.0 Å². The van der Waals surface area contributed by atoms with Crippen molar-refractivity contribution in [3.63, 3.8) is 0 Å². The van der Waals surface area contributed by atoms with Crippen LogP contribution in [0, 0.1) is 0 Å². The standard InChI is InChI=1S/C24H28ClN3O4/c1-3-32-23(30)28-12-10-24(11-13-28)26-20(16-4-7-18(31-2)8-5-16)15-21(27-24)19-14-17(25)6-9-22(19)29/h4-9,14,21,27,29H,3,10-13,15H2,1-2H3/t21-/m1/s1. The first-order valence-corrected chi connectivity index (χ1v) is 11.2. The number of aliphatic imine (C=N–C) groups is 1. The minimum Gasteiger partial charge on any atom is -0.508 e. The molecule has 0 aliphatic carbocycles. The van der Waals surface area contributed by atoms with Crippen molar-refractivity contribution in [2.45, 2.75) is 37.9 Å². The topological polar surface area (TPSA) is 83.4 Å². The number of hydrogen-bond acceptors (Lipinski definition) is 6. The lowest BCUT2D eigenvalue weighted by Gasteiger charge is -2.45. The molecule has 2 aliphatic rings. The Hall–Kier alpha value is -2.77. The lowest BCUT2D eigenvalue weighted by molar-refractivity contribution is 0.0778. The normalized spacial score (nSPS) is 20.0. The largest absolute Gasteiger partial charge is 0.508 e. The molecule has 1 amide bonds. The van der Waals surface area contributed by atoms with Crippen molar-refractivity contribution in [3.8, 4) is 11.5 Å². The fraction of sp³-hybridized carbons (Fsp3) is 0.417. The monoisotopic (exact) mass is 457 g/mol. The van der Waals surface area contributed by atoms with Crippen LogP contribution in [-0.4, -0.2) is 54.3 Å². The zero-order valence-corrected chi connectivity index (χ0v) is 19.1. The first-order valence-electron chi connectivity index (χ1n) is 10.8. The van der Waals surface area contributed by atoms with Crippen molar-refractivity contribution in [1.29, 1.82) is 0 Å². The fourth-order valence-corrected chi connectivity index (χ4v) is 4.57. The molecule has 1 spiro atoms. The summed E-state index contributed by atoms with van der Waals surface area (Å²) in [7, 11) is 1.64. The van der Waals surface area contributed by atoms with Crippen LogP contribution in [0.1, 0.15) is 43.4 Å². The first kappa shape index (κ1) is 22.4. The predicted octanol–water partition coefficient (Wildman–Crippen LogP) is 4.53. The van der Waals surface area contributed by atoms with Gasteiger partial charge in [0, 0.05) is 54.7 Å². The number of methoxy groups -OCH3 is 1. The number of likely N-dealkylation sites (tertiary alicyclic amines) is 1. The molecule has 2 aromatic carbocycles. The Labute approximate surface area is 193 Å². The highest BCUT2D eigenvalue weighted by molar-refractivity contribution is 6.30. The second kappa shape index (κ2) is 9.38. The third-order valence-electron chi connectivity index (χ3n) is 6.09. The molecule has 0 unspecified atom stereocenters. The van der Waals surface area contributed by atoms with E-state index in [4.69, 9.17) is 26.1 Å². The Morgan fingerprint density at radius 3 is 2.62 bits per heavy atom. The quantitative estimate of drug-likeness (QED) is 0.704. The number of ether oxygens (including phenoxy) is 2. The molecule has 1 atom stereocenters. The Morgan fingerprint density at radius 2 is 1.97 bits per heavy atom. The number of rotatable bonds is 4. The number of carbonyl (C=O) groups excluding carboxylic acids is 1. The van der Waals surface area contributed by atoms with Gasteiger partial charge in [0.25, 0.3) is 0 Å². The average Bonchev–Trinajstić information content (AvgIpc) is 2.81. The SMILES string of the molecule is CCOC(=O)N1CCC2(CC1)N=C(c1ccc(OC)cc1)C[C@H](c1cc(Cl)ccc1O)N2. The summed E-state index contributed by atoms with van der Waals surface area (Å²) >= 11 is 6.24. The molecule has 1 saturated heterocycles. The molecule has 2 heterocycles. The van der Waals surface area contributed by atoms with Crippen LogP contribution in [0.4, 0.5) is 4.79 Å². The minimum absolute atomic E-state index is 0.169. The fourth-order valence-electron chi connectivity index (χ4n) is 4.39. The molecule has 32 heavy (non-hydrogen) atoms. The summed E-state index contributed by atoms with van der Waals surface area (Å²) in [5, 5.41) is 14.8. The van der Waals surface area contributed by atoms with Gasteiger partial charge < -0.3 is 19.5 Å². The smallest absolute Gasteiger partial charge is 0.409 e. The van der Waals surface area contributed by atoms with Crippen LogP contribution in [0.5, 0.6) is 11.5 Å². The van der Waals surface area contributed by atoms with Gasteiger partial charge in [-0.3, -0.25) is 10.3 Å². The lowest BCUT2D eigenvalue weighted by Crippen LogP contribution is -2.56. The average molecular weight is 458 g/mol. The van der Waals surface area contributed by atoms with E-state index in [0.717, 1.165) is 22.6 Å². The minimum atomic E-state index is -0.546. The highest BCUT2D eigenvalue weighted by Crippen LogP contribution is 2.38.